The van der Waals surface area contributed by atoms with Crippen molar-refractivity contribution in [3.05, 3.63) is 34.3 Å². The molecule has 19 heavy (non-hydrogen) atoms. The van der Waals surface area contributed by atoms with E-state index in [9.17, 15) is 4.79 Å². The molecule has 0 aliphatic heterocycles. The van der Waals surface area contributed by atoms with E-state index < -0.39 is 0 Å². The van der Waals surface area contributed by atoms with Crippen molar-refractivity contribution < 1.29 is 4.79 Å². The van der Waals surface area contributed by atoms with E-state index >= 15 is 0 Å². The highest BCUT2D eigenvalue weighted by Gasteiger charge is 2.40. The number of benzene rings is 1. The van der Waals surface area contributed by atoms with Gasteiger partial charge in [0.2, 0.25) is 5.91 Å². The van der Waals surface area contributed by atoms with Crippen LogP contribution in [0.2, 0.25) is 0 Å². The van der Waals surface area contributed by atoms with E-state index in [1.54, 1.807) is 0 Å². The summed E-state index contributed by atoms with van der Waals surface area (Å²) in [6, 6.07) is 8.15. The van der Waals surface area contributed by atoms with Gasteiger partial charge in [-0.25, -0.2) is 0 Å². The Labute approximate surface area is 124 Å². The van der Waals surface area contributed by atoms with Crippen molar-refractivity contribution in [1.82, 2.24) is 4.90 Å². The summed E-state index contributed by atoms with van der Waals surface area (Å²) in [5.74, 6) is 0.479. The summed E-state index contributed by atoms with van der Waals surface area (Å²) in [5.41, 5.74) is 1.32. The number of rotatable bonds is 3. The van der Waals surface area contributed by atoms with Crippen molar-refractivity contribution in [1.29, 1.82) is 0 Å². The molecule has 2 nitrogen and oxygen atoms in total. The summed E-state index contributed by atoms with van der Waals surface area (Å²) < 4.78 is 1.06. The molecule has 0 N–H and O–H groups in total. The highest BCUT2D eigenvalue weighted by molar-refractivity contribution is 9.10. The Bertz CT molecular complexity index is 470. The van der Waals surface area contributed by atoms with Gasteiger partial charge < -0.3 is 4.90 Å². The number of amides is 1. The number of nitrogens with zero attached hydrogens (tertiary/aromatic N) is 1. The third-order valence-electron chi connectivity index (χ3n) is 4.24. The third-order valence-corrected chi connectivity index (χ3v) is 4.73. The lowest BCUT2D eigenvalue weighted by Gasteiger charge is -2.30. The molecule has 104 valence electrons. The summed E-state index contributed by atoms with van der Waals surface area (Å²) >= 11 is 3.47. The molecule has 2 rings (SSSR count). The molecule has 0 spiro atoms. The van der Waals surface area contributed by atoms with Crippen LogP contribution < -0.4 is 0 Å². The van der Waals surface area contributed by atoms with Crippen LogP contribution in [0.25, 0.3) is 0 Å². The first-order valence-electron chi connectivity index (χ1n) is 6.89. The Morgan fingerprint density at radius 3 is 2.79 bits per heavy atom. The van der Waals surface area contributed by atoms with Gasteiger partial charge in [0.05, 0.1) is 0 Å². The molecule has 0 heterocycles. The molecular weight excluding hydrogens is 302 g/mol. The summed E-state index contributed by atoms with van der Waals surface area (Å²) in [5, 5.41) is 0. The maximum Gasteiger partial charge on any atom is 0.226 e. The van der Waals surface area contributed by atoms with E-state index in [4.69, 9.17) is 0 Å². The highest BCUT2D eigenvalue weighted by atomic mass is 79.9. The normalized spacial score (nSPS) is 21.4. The molecule has 0 radical (unpaired) electrons. The fraction of sp³-hybridized carbons (Fsp3) is 0.562. The van der Waals surface area contributed by atoms with Crippen molar-refractivity contribution in [3.63, 3.8) is 0 Å². The third kappa shape index (κ3) is 3.38. The van der Waals surface area contributed by atoms with Crippen molar-refractivity contribution in [2.75, 3.05) is 7.05 Å². The molecule has 1 unspecified atom stereocenters. The van der Waals surface area contributed by atoms with Crippen molar-refractivity contribution >= 4 is 21.8 Å². The minimum Gasteiger partial charge on any atom is -0.341 e. The Kier molecular flexibility index (Phi) is 4.34. The smallest absolute Gasteiger partial charge is 0.226 e. The number of hydrogen-bond acceptors (Lipinski definition) is 1. The Morgan fingerprint density at radius 1 is 1.47 bits per heavy atom. The fourth-order valence-electron chi connectivity index (χ4n) is 3.04. The van der Waals surface area contributed by atoms with E-state index in [2.05, 4.69) is 41.9 Å². The standard InChI is InChI=1S/C16H22BrNO/c1-16(2)9-5-8-14(16)15(19)18(3)11-12-6-4-7-13(17)10-12/h4,6-7,10,14H,5,8-9,11H2,1-3H3. The average molecular weight is 324 g/mol. The van der Waals surface area contributed by atoms with E-state index in [0.29, 0.717) is 12.5 Å². The van der Waals surface area contributed by atoms with E-state index in [1.165, 1.54) is 12.0 Å². The molecule has 1 amide bonds. The molecule has 1 fully saturated rings. The first-order valence-corrected chi connectivity index (χ1v) is 7.69. The Hall–Kier alpha value is -0.830. The number of hydrogen-bond donors (Lipinski definition) is 0. The van der Waals surface area contributed by atoms with Crippen LogP contribution >= 0.6 is 15.9 Å². The van der Waals surface area contributed by atoms with E-state index in [1.807, 2.05) is 24.1 Å². The molecule has 1 aromatic carbocycles. The van der Waals surface area contributed by atoms with Crippen LogP contribution in [0, 0.1) is 11.3 Å². The predicted octanol–water partition coefficient (Wildman–Crippen LogP) is 4.23. The van der Waals surface area contributed by atoms with Gasteiger partial charge in [0.15, 0.2) is 0 Å². The average Bonchev–Trinajstić information content (AvgIpc) is 2.68. The zero-order valence-electron chi connectivity index (χ0n) is 11.9. The lowest BCUT2D eigenvalue weighted by Crippen LogP contribution is -2.37. The minimum absolute atomic E-state index is 0.155. The number of carbonyl (C=O) groups is 1. The van der Waals surface area contributed by atoms with Crippen LogP contribution in [-0.4, -0.2) is 17.9 Å². The molecule has 1 aliphatic rings. The largest absolute Gasteiger partial charge is 0.341 e. The zero-order chi connectivity index (χ0) is 14.0. The van der Waals surface area contributed by atoms with Gasteiger partial charge >= 0.3 is 0 Å². The fourth-order valence-corrected chi connectivity index (χ4v) is 3.48. The SMILES string of the molecule is CN(Cc1cccc(Br)c1)C(=O)C1CCCC1(C)C. The zero-order valence-corrected chi connectivity index (χ0v) is 13.5. The first kappa shape index (κ1) is 14.6. The summed E-state index contributed by atoms with van der Waals surface area (Å²) in [4.78, 5) is 14.4. The van der Waals surface area contributed by atoms with Crippen LogP contribution in [0.4, 0.5) is 0 Å². The summed E-state index contributed by atoms with van der Waals surface area (Å²) in [6.45, 7) is 5.12. The van der Waals surface area contributed by atoms with Crippen molar-refractivity contribution in [2.24, 2.45) is 11.3 Å². The minimum atomic E-state index is 0.155. The summed E-state index contributed by atoms with van der Waals surface area (Å²) in [7, 11) is 1.91. The van der Waals surface area contributed by atoms with Gasteiger partial charge in [-0.15, -0.1) is 0 Å². The van der Waals surface area contributed by atoms with Crippen LogP contribution in [0.3, 0.4) is 0 Å². The molecule has 1 atom stereocenters. The first-order chi connectivity index (χ1) is 8.90. The number of halogens is 1. The predicted molar refractivity (Wildman–Crippen MR) is 81.7 cm³/mol. The van der Waals surface area contributed by atoms with Gasteiger partial charge in [0.25, 0.3) is 0 Å². The molecule has 0 aromatic heterocycles. The maximum absolute atomic E-state index is 12.6. The Balaban J connectivity index is 2.04. The molecule has 1 saturated carbocycles. The van der Waals surface area contributed by atoms with E-state index in [-0.39, 0.29) is 11.3 Å². The van der Waals surface area contributed by atoms with Gasteiger partial charge in [-0.05, 0) is 36.0 Å². The second-order valence-electron chi connectivity index (χ2n) is 6.26. The van der Waals surface area contributed by atoms with Crippen LogP contribution in [0.5, 0.6) is 0 Å². The highest BCUT2D eigenvalue weighted by Crippen LogP contribution is 2.43. The molecular formula is C16H22BrNO. The van der Waals surface area contributed by atoms with Crippen LogP contribution in [-0.2, 0) is 11.3 Å². The molecule has 0 saturated heterocycles. The second kappa shape index (κ2) is 5.66. The quantitative estimate of drug-likeness (QED) is 0.815. The second-order valence-corrected chi connectivity index (χ2v) is 7.17. The number of carbonyl (C=O) groups excluding carboxylic acids is 1. The molecule has 1 aromatic rings. The van der Waals surface area contributed by atoms with Crippen molar-refractivity contribution in [3.8, 4) is 0 Å². The van der Waals surface area contributed by atoms with Gasteiger partial charge in [-0.3, -0.25) is 4.79 Å². The Morgan fingerprint density at radius 2 is 2.21 bits per heavy atom. The van der Waals surface area contributed by atoms with Crippen LogP contribution in [0.15, 0.2) is 28.7 Å². The lowest BCUT2D eigenvalue weighted by atomic mass is 9.81. The van der Waals surface area contributed by atoms with Gasteiger partial charge in [0.1, 0.15) is 0 Å². The molecule has 0 bridgehead atoms. The van der Waals surface area contributed by atoms with Crippen LogP contribution in [0.1, 0.15) is 38.7 Å². The van der Waals surface area contributed by atoms with Gasteiger partial charge in [0, 0.05) is 24.0 Å². The molecule has 1 aliphatic carbocycles. The monoisotopic (exact) mass is 323 g/mol. The van der Waals surface area contributed by atoms with E-state index in [0.717, 1.165) is 17.3 Å². The van der Waals surface area contributed by atoms with Gasteiger partial charge in [-0.2, -0.15) is 0 Å². The lowest BCUT2D eigenvalue weighted by molar-refractivity contribution is -0.137. The van der Waals surface area contributed by atoms with Crippen molar-refractivity contribution in [2.45, 2.75) is 39.7 Å². The topological polar surface area (TPSA) is 20.3 Å². The summed E-state index contributed by atoms with van der Waals surface area (Å²) in [6.07, 6.45) is 3.37. The van der Waals surface area contributed by atoms with Gasteiger partial charge in [-0.1, -0.05) is 48.3 Å². The maximum atomic E-state index is 12.6. The molecule has 3 heteroatoms.